The highest BCUT2D eigenvalue weighted by atomic mass is 19.4. The summed E-state index contributed by atoms with van der Waals surface area (Å²) in [6, 6.07) is 18.8. The molecule has 0 amide bonds. The Kier molecular flexibility index (Phi) is 6.31. The van der Waals surface area contributed by atoms with Crippen LogP contribution in [0.5, 0.6) is 0 Å². The Morgan fingerprint density at radius 3 is 1.96 bits per heavy atom. The van der Waals surface area contributed by atoms with Gasteiger partial charge in [-0.05, 0) is 36.5 Å². The monoisotopic (exact) mass is 344 g/mol. The molecule has 0 bridgehead atoms. The summed E-state index contributed by atoms with van der Waals surface area (Å²) >= 11 is 0. The van der Waals surface area contributed by atoms with Gasteiger partial charge in [0.25, 0.3) is 0 Å². The maximum absolute atomic E-state index is 13.3. The first-order chi connectivity index (χ1) is 11.8. The van der Waals surface area contributed by atoms with E-state index >= 15 is 0 Å². The van der Waals surface area contributed by atoms with Gasteiger partial charge in [-0.15, -0.1) is 0 Å². The van der Waals surface area contributed by atoms with Crippen molar-refractivity contribution in [1.82, 2.24) is 0 Å². The smallest absolute Gasteiger partial charge is 0.171 e. The topological polar surface area (TPSA) is 0 Å². The summed E-state index contributed by atoms with van der Waals surface area (Å²) in [7, 11) is 0. The molecule has 0 aliphatic rings. The van der Waals surface area contributed by atoms with Gasteiger partial charge in [0.05, 0.1) is 6.42 Å². The van der Waals surface area contributed by atoms with Crippen molar-refractivity contribution in [2.24, 2.45) is 11.3 Å². The van der Waals surface area contributed by atoms with Gasteiger partial charge in [-0.25, -0.2) is 0 Å². The third-order valence-electron chi connectivity index (χ3n) is 4.55. The van der Waals surface area contributed by atoms with Crippen LogP contribution in [-0.2, 0) is 6.42 Å². The molecule has 0 heterocycles. The Balaban J connectivity index is 2.33. The van der Waals surface area contributed by atoms with E-state index in [1.807, 2.05) is 74.5 Å². The minimum Gasteiger partial charge on any atom is -0.171 e. The Morgan fingerprint density at radius 2 is 1.44 bits per heavy atom. The van der Waals surface area contributed by atoms with Gasteiger partial charge in [-0.2, -0.15) is 13.2 Å². The second-order valence-electron chi connectivity index (χ2n) is 6.70. The molecular formula is C22H23F3. The third kappa shape index (κ3) is 5.98. The fourth-order valence-corrected chi connectivity index (χ4v) is 2.92. The molecule has 0 fully saturated rings. The maximum atomic E-state index is 13.3. The van der Waals surface area contributed by atoms with E-state index in [0.717, 1.165) is 11.1 Å². The molecule has 0 aliphatic heterocycles. The summed E-state index contributed by atoms with van der Waals surface area (Å²) in [5.74, 6) is 5.78. The van der Waals surface area contributed by atoms with Crippen LogP contribution < -0.4 is 0 Å². The molecule has 1 atom stereocenters. The Bertz CT molecular complexity index is 706. The van der Waals surface area contributed by atoms with Crippen molar-refractivity contribution in [3.63, 3.8) is 0 Å². The van der Waals surface area contributed by atoms with Crippen LogP contribution in [-0.4, -0.2) is 6.18 Å². The lowest BCUT2D eigenvalue weighted by atomic mass is 9.71. The van der Waals surface area contributed by atoms with Crippen LogP contribution in [0, 0.1) is 23.2 Å². The summed E-state index contributed by atoms with van der Waals surface area (Å²) in [6.45, 7) is 3.66. The lowest BCUT2D eigenvalue weighted by molar-refractivity contribution is -0.157. The van der Waals surface area contributed by atoms with Crippen molar-refractivity contribution in [3.05, 3.63) is 71.8 Å². The van der Waals surface area contributed by atoms with E-state index < -0.39 is 18.0 Å². The van der Waals surface area contributed by atoms with Gasteiger partial charge < -0.3 is 0 Å². The van der Waals surface area contributed by atoms with Gasteiger partial charge in [0.15, 0.2) is 0 Å². The quantitative estimate of drug-likeness (QED) is 0.561. The zero-order valence-electron chi connectivity index (χ0n) is 14.6. The Labute approximate surface area is 148 Å². The minimum atomic E-state index is -4.24. The van der Waals surface area contributed by atoms with Gasteiger partial charge in [0, 0.05) is 11.0 Å². The molecule has 2 aromatic carbocycles. The van der Waals surface area contributed by atoms with Crippen molar-refractivity contribution < 1.29 is 13.2 Å². The predicted molar refractivity (Wildman–Crippen MR) is 96.0 cm³/mol. The average molecular weight is 344 g/mol. The van der Waals surface area contributed by atoms with Crippen molar-refractivity contribution in [1.29, 1.82) is 0 Å². The SMILES string of the molecule is CC(C)C(C#Cc1ccccc1)(CCc1ccccc1)CC(F)(F)F. The largest absolute Gasteiger partial charge is 0.390 e. The Hall–Kier alpha value is -2.21. The molecule has 0 saturated carbocycles. The van der Waals surface area contributed by atoms with Crippen LogP contribution in [0.3, 0.4) is 0 Å². The molecule has 25 heavy (non-hydrogen) atoms. The number of aryl methyl sites for hydroxylation is 1. The van der Waals surface area contributed by atoms with Crippen molar-refractivity contribution >= 4 is 0 Å². The van der Waals surface area contributed by atoms with Gasteiger partial charge in [-0.1, -0.05) is 74.2 Å². The summed E-state index contributed by atoms with van der Waals surface area (Å²) < 4.78 is 39.9. The van der Waals surface area contributed by atoms with E-state index in [4.69, 9.17) is 0 Å². The number of hydrogen-bond donors (Lipinski definition) is 0. The summed E-state index contributed by atoms with van der Waals surface area (Å²) in [6.07, 6.45) is -4.16. The lowest BCUT2D eigenvalue weighted by Crippen LogP contribution is -2.32. The number of alkyl halides is 3. The zero-order valence-corrected chi connectivity index (χ0v) is 14.6. The summed E-state index contributed by atoms with van der Waals surface area (Å²) in [5.41, 5.74) is 0.690. The van der Waals surface area contributed by atoms with Crippen molar-refractivity contribution in [2.75, 3.05) is 0 Å². The molecule has 3 heteroatoms. The molecule has 132 valence electrons. The molecule has 0 aliphatic carbocycles. The third-order valence-corrected chi connectivity index (χ3v) is 4.55. The van der Waals surface area contributed by atoms with Crippen LogP contribution in [0.25, 0.3) is 0 Å². The minimum absolute atomic E-state index is 0.200. The second-order valence-corrected chi connectivity index (χ2v) is 6.70. The van der Waals surface area contributed by atoms with Gasteiger partial charge in [-0.3, -0.25) is 0 Å². The molecule has 0 N–H and O–H groups in total. The molecule has 0 spiro atoms. The molecule has 0 nitrogen and oxygen atoms in total. The van der Waals surface area contributed by atoms with Crippen molar-refractivity contribution in [2.45, 2.75) is 39.3 Å². The summed E-state index contributed by atoms with van der Waals surface area (Å²) in [4.78, 5) is 0. The molecular weight excluding hydrogens is 321 g/mol. The standard InChI is InChI=1S/C22H23F3/c1-18(2)21(17-22(23,24)25,15-13-19-9-5-3-6-10-19)16-14-20-11-7-4-8-12-20/h3-12,18H,13,15,17H2,1-2H3. The van der Waals surface area contributed by atoms with E-state index in [-0.39, 0.29) is 5.92 Å². The summed E-state index contributed by atoms with van der Waals surface area (Å²) in [5, 5.41) is 0. The first-order valence-corrected chi connectivity index (χ1v) is 8.50. The zero-order chi connectivity index (χ0) is 18.3. The van der Waals surface area contributed by atoms with Gasteiger partial charge in [0.2, 0.25) is 0 Å². The fraction of sp³-hybridized carbons (Fsp3) is 0.364. The van der Waals surface area contributed by atoms with E-state index in [0.29, 0.717) is 12.8 Å². The normalized spacial score (nSPS) is 13.8. The number of hydrogen-bond acceptors (Lipinski definition) is 0. The lowest BCUT2D eigenvalue weighted by Gasteiger charge is -2.34. The van der Waals surface area contributed by atoms with Crippen LogP contribution in [0.2, 0.25) is 0 Å². The highest BCUT2D eigenvalue weighted by Gasteiger charge is 2.43. The molecule has 0 aromatic heterocycles. The van der Waals surface area contributed by atoms with Gasteiger partial charge in [0.1, 0.15) is 0 Å². The van der Waals surface area contributed by atoms with E-state index in [9.17, 15) is 13.2 Å². The molecule has 2 rings (SSSR count). The van der Waals surface area contributed by atoms with E-state index in [1.165, 1.54) is 0 Å². The van der Waals surface area contributed by atoms with Crippen LogP contribution in [0.15, 0.2) is 60.7 Å². The van der Waals surface area contributed by atoms with E-state index in [2.05, 4.69) is 11.8 Å². The second kappa shape index (κ2) is 8.25. The molecule has 2 aromatic rings. The number of benzene rings is 2. The van der Waals surface area contributed by atoms with Crippen molar-refractivity contribution in [3.8, 4) is 11.8 Å². The first kappa shape index (κ1) is 19.1. The predicted octanol–water partition coefficient (Wildman–Crippen LogP) is 6.27. The molecule has 0 saturated heterocycles. The highest BCUT2D eigenvalue weighted by molar-refractivity contribution is 5.36. The van der Waals surface area contributed by atoms with E-state index in [1.54, 1.807) is 0 Å². The Morgan fingerprint density at radius 1 is 0.880 bits per heavy atom. The average Bonchev–Trinajstić information content (AvgIpc) is 2.58. The van der Waals surface area contributed by atoms with Crippen LogP contribution in [0.1, 0.15) is 37.8 Å². The number of halogens is 3. The first-order valence-electron chi connectivity index (χ1n) is 8.50. The van der Waals surface area contributed by atoms with Crippen LogP contribution >= 0.6 is 0 Å². The fourth-order valence-electron chi connectivity index (χ4n) is 2.92. The molecule has 1 unspecified atom stereocenters. The molecule has 0 radical (unpaired) electrons. The number of rotatable bonds is 5. The highest BCUT2D eigenvalue weighted by Crippen LogP contribution is 2.42. The van der Waals surface area contributed by atoms with Crippen LogP contribution in [0.4, 0.5) is 13.2 Å². The van der Waals surface area contributed by atoms with Gasteiger partial charge >= 0.3 is 6.18 Å². The maximum Gasteiger partial charge on any atom is 0.390 e.